The standard InChI is InChI=1S/C20H18N2O3/c1-12-4-7-16(10-13(12)2)19-22-18(20(24)25-19)11-15-5-8-17(9-6-15)21-14(3)23/h4-11H,1-3H3,(H,21,23)/b18-11-. The van der Waals surface area contributed by atoms with Crippen LogP contribution in [0.2, 0.25) is 0 Å². The number of hydrogen-bond acceptors (Lipinski definition) is 4. The molecule has 0 aliphatic carbocycles. The minimum atomic E-state index is -0.473. The number of aryl methyl sites for hydroxylation is 2. The van der Waals surface area contributed by atoms with Gasteiger partial charge < -0.3 is 10.1 Å². The van der Waals surface area contributed by atoms with E-state index in [2.05, 4.69) is 10.3 Å². The maximum absolute atomic E-state index is 12.1. The van der Waals surface area contributed by atoms with Crippen LogP contribution >= 0.6 is 0 Å². The molecule has 0 radical (unpaired) electrons. The monoisotopic (exact) mass is 334 g/mol. The second-order valence-corrected chi connectivity index (χ2v) is 5.94. The zero-order valence-electron chi connectivity index (χ0n) is 14.3. The Labute approximate surface area is 146 Å². The van der Waals surface area contributed by atoms with E-state index in [1.165, 1.54) is 12.5 Å². The van der Waals surface area contributed by atoms with Gasteiger partial charge in [0.25, 0.3) is 0 Å². The van der Waals surface area contributed by atoms with Crippen LogP contribution in [0.25, 0.3) is 6.08 Å². The molecule has 0 unspecified atom stereocenters. The average molecular weight is 334 g/mol. The van der Waals surface area contributed by atoms with Crippen molar-refractivity contribution in [1.29, 1.82) is 0 Å². The SMILES string of the molecule is CC(=O)Nc1ccc(/C=C2\N=C(c3ccc(C)c(C)c3)OC2=O)cc1. The quantitative estimate of drug-likeness (QED) is 0.689. The Morgan fingerprint density at radius 3 is 2.44 bits per heavy atom. The van der Waals surface area contributed by atoms with Crippen LogP contribution in [0.15, 0.2) is 53.2 Å². The van der Waals surface area contributed by atoms with Gasteiger partial charge in [-0.15, -0.1) is 0 Å². The van der Waals surface area contributed by atoms with E-state index in [1.54, 1.807) is 30.3 Å². The van der Waals surface area contributed by atoms with Crippen LogP contribution in [0.5, 0.6) is 0 Å². The highest BCUT2D eigenvalue weighted by Gasteiger charge is 2.24. The van der Waals surface area contributed by atoms with Crippen LogP contribution < -0.4 is 5.32 Å². The molecule has 1 aliphatic heterocycles. The molecule has 1 aliphatic rings. The topological polar surface area (TPSA) is 67.8 Å². The number of ether oxygens (including phenoxy) is 1. The molecular formula is C20H18N2O3. The van der Waals surface area contributed by atoms with E-state index in [4.69, 9.17) is 4.74 Å². The van der Waals surface area contributed by atoms with Crippen molar-refractivity contribution in [2.45, 2.75) is 20.8 Å². The van der Waals surface area contributed by atoms with Gasteiger partial charge in [0.15, 0.2) is 5.70 Å². The molecule has 0 aromatic heterocycles. The Kier molecular flexibility index (Phi) is 4.48. The number of nitrogens with zero attached hydrogens (tertiary/aromatic N) is 1. The van der Waals surface area contributed by atoms with Gasteiger partial charge >= 0.3 is 5.97 Å². The van der Waals surface area contributed by atoms with Crippen molar-refractivity contribution in [3.05, 3.63) is 70.4 Å². The lowest BCUT2D eigenvalue weighted by molar-refractivity contribution is -0.129. The van der Waals surface area contributed by atoms with E-state index in [0.29, 0.717) is 11.6 Å². The lowest BCUT2D eigenvalue weighted by Gasteiger charge is -2.03. The largest absolute Gasteiger partial charge is 0.402 e. The highest BCUT2D eigenvalue weighted by atomic mass is 16.6. The summed E-state index contributed by atoms with van der Waals surface area (Å²) >= 11 is 0. The number of carbonyl (C=O) groups excluding carboxylic acids is 2. The van der Waals surface area contributed by atoms with Gasteiger partial charge in [-0.05, 0) is 60.9 Å². The highest BCUT2D eigenvalue weighted by Crippen LogP contribution is 2.21. The number of rotatable bonds is 3. The zero-order valence-corrected chi connectivity index (χ0v) is 14.3. The summed E-state index contributed by atoms with van der Waals surface area (Å²) in [6.45, 7) is 5.48. The molecule has 3 rings (SSSR count). The third-order valence-electron chi connectivity index (χ3n) is 3.91. The smallest absolute Gasteiger partial charge is 0.363 e. The van der Waals surface area contributed by atoms with Crippen molar-refractivity contribution < 1.29 is 14.3 Å². The van der Waals surface area contributed by atoms with Crippen molar-refractivity contribution in [1.82, 2.24) is 0 Å². The summed E-state index contributed by atoms with van der Waals surface area (Å²) in [6.07, 6.45) is 1.66. The lowest BCUT2D eigenvalue weighted by atomic mass is 10.1. The minimum absolute atomic E-state index is 0.131. The number of carbonyl (C=O) groups is 2. The zero-order chi connectivity index (χ0) is 18.0. The predicted octanol–water partition coefficient (Wildman–Crippen LogP) is 3.61. The molecule has 5 heteroatoms. The van der Waals surface area contributed by atoms with Crippen LogP contribution in [0, 0.1) is 13.8 Å². The molecule has 2 aromatic rings. The van der Waals surface area contributed by atoms with Crippen LogP contribution in [0.3, 0.4) is 0 Å². The van der Waals surface area contributed by atoms with Gasteiger partial charge in [0.1, 0.15) is 0 Å². The van der Waals surface area contributed by atoms with Gasteiger partial charge in [0.05, 0.1) is 0 Å². The van der Waals surface area contributed by atoms with Crippen LogP contribution in [0.1, 0.15) is 29.2 Å². The Hall–Kier alpha value is -3.21. The summed E-state index contributed by atoms with van der Waals surface area (Å²) in [6, 6.07) is 12.9. The Balaban J connectivity index is 1.85. The fourth-order valence-electron chi connectivity index (χ4n) is 2.43. The van der Waals surface area contributed by atoms with Crippen molar-refractivity contribution in [2.75, 3.05) is 5.32 Å². The summed E-state index contributed by atoms with van der Waals surface area (Å²) in [5.41, 5.74) is 4.81. The first-order valence-electron chi connectivity index (χ1n) is 7.90. The van der Waals surface area contributed by atoms with E-state index in [9.17, 15) is 9.59 Å². The number of esters is 1. The molecule has 1 heterocycles. The first-order chi connectivity index (χ1) is 11.9. The maximum atomic E-state index is 12.1. The fraction of sp³-hybridized carbons (Fsp3) is 0.150. The molecule has 0 fully saturated rings. The van der Waals surface area contributed by atoms with E-state index in [1.807, 2.05) is 32.0 Å². The Morgan fingerprint density at radius 2 is 1.80 bits per heavy atom. The molecule has 1 amide bonds. The molecule has 126 valence electrons. The number of anilines is 1. The molecule has 0 bridgehead atoms. The van der Waals surface area contributed by atoms with Crippen molar-refractivity contribution in [3.63, 3.8) is 0 Å². The third-order valence-corrected chi connectivity index (χ3v) is 3.91. The number of nitrogens with one attached hydrogen (secondary N) is 1. The van der Waals surface area contributed by atoms with E-state index < -0.39 is 5.97 Å². The molecular weight excluding hydrogens is 316 g/mol. The van der Waals surface area contributed by atoms with Crippen molar-refractivity contribution in [3.8, 4) is 0 Å². The molecule has 0 atom stereocenters. The molecule has 2 aromatic carbocycles. The minimum Gasteiger partial charge on any atom is -0.402 e. The Morgan fingerprint density at radius 1 is 1.08 bits per heavy atom. The second-order valence-electron chi connectivity index (χ2n) is 5.94. The van der Waals surface area contributed by atoms with Gasteiger partial charge in [0.2, 0.25) is 11.8 Å². The van der Waals surface area contributed by atoms with E-state index in [0.717, 1.165) is 16.7 Å². The summed E-state index contributed by atoms with van der Waals surface area (Å²) in [5, 5.41) is 2.69. The van der Waals surface area contributed by atoms with Crippen LogP contribution in [-0.2, 0) is 14.3 Å². The first kappa shape index (κ1) is 16.6. The summed E-state index contributed by atoms with van der Waals surface area (Å²) in [7, 11) is 0. The lowest BCUT2D eigenvalue weighted by Crippen LogP contribution is -2.06. The average Bonchev–Trinajstić information content (AvgIpc) is 2.92. The molecule has 25 heavy (non-hydrogen) atoms. The molecule has 0 saturated carbocycles. The molecule has 0 spiro atoms. The van der Waals surface area contributed by atoms with Crippen LogP contribution in [0.4, 0.5) is 5.69 Å². The first-order valence-corrected chi connectivity index (χ1v) is 7.90. The number of amides is 1. The number of hydrogen-bond donors (Lipinski definition) is 1. The predicted molar refractivity (Wildman–Crippen MR) is 97.3 cm³/mol. The van der Waals surface area contributed by atoms with E-state index in [-0.39, 0.29) is 11.6 Å². The summed E-state index contributed by atoms with van der Waals surface area (Å²) in [5.74, 6) is -0.290. The van der Waals surface area contributed by atoms with Crippen molar-refractivity contribution in [2.24, 2.45) is 4.99 Å². The highest BCUT2D eigenvalue weighted by molar-refractivity contribution is 6.12. The third kappa shape index (κ3) is 3.83. The van der Waals surface area contributed by atoms with Gasteiger partial charge in [-0.1, -0.05) is 18.2 Å². The summed E-state index contributed by atoms with van der Waals surface area (Å²) < 4.78 is 5.29. The van der Waals surface area contributed by atoms with Gasteiger partial charge in [-0.25, -0.2) is 9.79 Å². The van der Waals surface area contributed by atoms with E-state index >= 15 is 0 Å². The van der Waals surface area contributed by atoms with Crippen molar-refractivity contribution >= 4 is 29.5 Å². The normalized spacial score (nSPS) is 15.1. The Bertz CT molecular complexity index is 909. The van der Waals surface area contributed by atoms with Crippen LogP contribution in [-0.4, -0.2) is 17.8 Å². The molecule has 1 N–H and O–H groups in total. The maximum Gasteiger partial charge on any atom is 0.363 e. The van der Waals surface area contributed by atoms with Gasteiger partial charge in [-0.3, -0.25) is 4.79 Å². The molecule has 0 saturated heterocycles. The number of cyclic esters (lactones) is 1. The number of benzene rings is 2. The number of aliphatic imine (C=N–C) groups is 1. The fourth-order valence-corrected chi connectivity index (χ4v) is 2.43. The summed E-state index contributed by atoms with van der Waals surface area (Å²) in [4.78, 5) is 27.4. The molecule has 5 nitrogen and oxygen atoms in total. The van der Waals surface area contributed by atoms with Gasteiger partial charge in [-0.2, -0.15) is 0 Å². The second kappa shape index (κ2) is 6.73. The van der Waals surface area contributed by atoms with Gasteiger partial charge in [0, 0.05) is 18.2 Å².